The lowest BCUT2D eigenvalue weighted by Gasteiger charge is -2.08. The van der Waals surface area contributed by atoms with E-state index in [2.05, 4.69) is 16.6 Å². The fraction of sp³-hybridized carbons (Fsp3) is 0.0435. The maximum atomic E-state index is 12.1. The molecule has 4 rings (SSSR count). The molecule has 0 aliphatic rings. The minimum absolute atomic E-state index is 0.0293. The van der Waals surface area contributed by atoms with Crippen LogP contribution in [0.2, 0.25) is 0 Å². The van der Waals surface area contributed by atoms with Crippen LogP contribution in [-0.4, -0.2) is 23.7 Å². The van der Waals surface area contributed by atoms with Crippen LogP contribution in [0.15, 0.2) is 84.0 Å². The van der Waals surface area contributed by atoms with Gasteiger partial charge in [-0.3, -0.25) is 14.9 Å². The Morgan fingerprint density at radius 3 is 2.23 bits per heavy atom. The number of hydrogen-bond acceptors (Lipinski definition) is 5. The fourth-order valence-corrected chi connectivity index (χ4v) is 3.26. The number of ether oxygens (including phenoxy) is 1. The molecule has 0 bridgehead atoms. The maximum absolute atomic E-state index is 12.1. The Morgan fingerprint density at radius 1 is 0.967 bits per heavy atom. The zero-order chi connectivity index (χ0) is 20.9. The van der Waals surface area contributed by atoms with E-state index < -0.39 is 17.4 Å². The molecule has 148 valence electrons. The predicted molar refractivity (Wildman–Crippen MR) is 116 cm³/mol. The molecule has 0 saturated heterocycles. The number of fused-ring (bicyclic) bond motifs is 2. The summed E-state index contributed by atoms with van der Waals surface area (Å²) in [6.07, 6.45) is 1.60. The molecule has 0 aliphatic carbocycles. The first-order chi connectivity index (χ1) is 14.6. The molecule has 7 heteroatoms. The summed E-state index contributed by atoms with van der Waals surface area (Å²) in [7, 11) is 0. The molecule has 7 nitrogen and oxygen atoms in total. The molecule has 0 atom stereocenters. The van der Waals surface area contributed by atoms with Gasteiger partial charge < -0.3 is 4.74 Å². The van der Waals surface area contributed by atoms with Gasteiger partial charge in [0.25, 0.3) is 5.91 Å². The van der Waals surface area contributed by atoms with Crippen LogP contribution in [0.4, 0.5) is 5.69 Å². The summed E-state index contributed by atoms with van der Waals surface area (Å²) in [4.78, 5) is 22.5. The third kappa shape index (κ3) is 3.95. The molecular formula is C23H17N3O4. The number of nitrogens with one attached hydrogen (secondary N) is 1. The van der Waals surface area contributed by atoms with Gasteiger partial charge in [-0.25, -0.2) is 5.43 Å². The van der Waals surface area contributed by atoms with E-state index in [1.54, 1.807) is 12.3 Å². The van der Waals surface area contributed by atoms with Crippen molar-refractivity contribution in [3.8, 4) is 5.75 Å². The molecule has 30 heavy (non-hydrogen) atoms. The number of nitro groups is 1. The Balaban J connectivity index is 1.51. The molecule has 0 aliphatic heterocycles. The van der Waals surface area contributed by atoms with Crippen molar-refractivity contribution in [2.75, 3.05) is 6.61 Å². The minimum atomic E-state index is -0.559. The van der Waals surface area contributed by atoms with E-state index in [0.29, 0.717) is 0 Å². The zero-order valence-corrected chi connectivity index (χ0v) is 15.8. The van der Waals surface area contributed by atoms with Crippen molar-refractivity contribution >= 4 is 39.4 Å². The average molecular weight is 399 g/mol. The molecule has 0 radical (unpaired) electrons. The second kappa shape index (κ2) is 8.40. The Hall–Kier alpha value is -4.26. The Labute approximate surface area is 171 Å². The zero-order valence-electron chi connectivity index (χ0n) is 15.8. The van der Waals surface area contributed by atoms with Crippen molar-refractivity contribution < 1.29 is 14.5 Å². The number of carbonyl (C=O) groups is 1. The second-order valence-electron chi connectivity index (χ2n) is 6.54. The highest BCUT2D eigenvalue weighted by atomic mass is 16.6. The average Bonchev–Trinajstić information content (AvgIpc) is 2.77. The predicted octanol–water partition coefficient (Wildman–Crippen LogP) is 4.43. The molecule has 0 unspecified atom stereocenters. The van der Waals surface area contributed by atoms with Crippen LogP contribution in [0.1, 0.15) is 5.56 Å². The van der Waals surface area contributed by atoms with Crippen molar-refractivity contribution in [3.63, 3.8) is 0 Å². The van der Waals surface area contributed by atoms with Gasteiger partial charge in [0.2, 0.25) is 0 Å². The summed E-state index contributed by atoms with van der Waals surface area (Å²) in [6, 6.07) is 23.9. The normalized spacial score (nSPS) is 11.1. The van der Waals surface area contributed by atoms with E-state index in [-0.39, 0.29) is 11.4 Å². The van der Waals surface area contributed by atoms with Crippen molar-refractivity contribution in [2.45, 2.75) is 0 Å². The van der Waals surface area contributed by atoms with E-state index in [4.69, 9.17) is 4.74 Å². The molecule has 0 saturated carbocycles. The first-order valence-electron chi connectivity index (χ1n) is 9.22. The van der Waals surface area contributed by atoms with Gasteiger partial charge in [-0.15, -0.1) is 0 Å². The van der Waals surface area contributed by atoms with Crippen LogP contribution >= 0.6 is 0 Å². The molecule has 0 heterocycles. The number of para-hydroxylation sites is 2. The summed E-state index contributed by atoms with van der Waals surface area (Å²) in [5.74, 6) is -0.490. The summed E-state index contributed by atoms with van der Waals surface area (Å²) in [5, 5.41) is 19.3. The highest BCUT2D eigenvalue weighted by Gasteiger charge is 2.14. The number of rotatable bonds is 6. The van der Waals surface area contributed by atoms with E-state index in [1.807, 2.05) is 48.5 Å². The summed E-state index contributed by atoms with van der Waals surface area (Å²) in [5.41, 5.74) is 3.11. The number of nitro benzene ring substituents is 1. The van der Waals surface area contributed by atoms with Crippen LogP contribution in [0, 0.1) is 10.1 Å². The smallest absolute Gasteiger partial charge is 0.310 e. The first-order valence-corrected chi connectivity index (χ1v) is 9.22. The number of amides is 1. The Kier molecular flexibility index (Phi) is 5.34. The van der Waals surface area contributed by atoms with Crippen LogP contribution in [0.3, 0.4) is 0 Å². The lowest BCUT2D eigenvalue weighted by atomic mass is 9.97. The van der Waals surface area contributed by atoms with Gasteiger partial charge in [0, 0.05) is 11.6 Å². The van der Waals surface area contributed by atoms with E-state index in [1.165, 1.54) is 18.2 Å². The SMILES string of the molecule is O=C(COc1ccccc1[N+](=O)[O-])N/N=C\c1c2ccccc2cc2ccccc12. The molecule has 0 fully saturated rings. The number of carbonyl (C=O) groups excluding carboxylic acids is 1. The third-order valence-corrected chi connectivity index (χ3v) is 4.62. The van der Waals surface area contributed by atoms with Crippen molar-refractivity contribution in [3.05, 3.63) is 94.5 Å². The standard InChI is InChI=1S/C23H17N3O4/c27-23(15-30-22-12-6-5-11-21(22)26(28)29)25-24-14-20-18-9-3-1-7-16(18)13-17-8-2-4-10-19(17)20/h1-14H,15H2,(H,25,27)/b24-14-. The van der Waals surface area contributed by atoms with Crippen LogP contribution < -0.4 is 10.2 Å². The van der Waals surface area contributed by atoms with Crippen molar-refractivity contribution in [1.29, 1.82) is 0 Å². The third-order valence-electron chi connectivity index (χ3n) is 4.62. The van der Waals surface area contributed by atoms with Gasteiger partial charge >= 0.3 is 5.69 Å². The monoisotopic (exact) mass is 399 g/mol. The highest BCUT2D eigenvalue weighted by molar-refractivity contribution is 6.13. The minimum Gasteiger partial charge on any atom is -0.477 e. The molecule has 0 spiro atoms. The first kappa shape index (κ1) is 19.1. The lowest BCUT2D eigenvalue weighted by molar-refractivity contribution is -0.385. The van der Waals surface area contributed by atoms with Gasteiger partial charge in [-0.05, 0) is 33.7 Å². The number of benzene rings is 4. The van der Waals surface area contributed by atoms with E-state index in [0.717, 1.165) is 27.1 Å². The van der Waals surface area contributed by atoms with Gasteiger partial charge in [-0.2, -0.15) is 5.10 Å². The summed E-state index contributed by atoms with van der Waals surface area (Å²) < 4.78 is 5.28. The van der Waals surface area contributed by atoms with Crippen LogP contribution in [-0.2, 0) is 4.79 Å². The van der Waals surface area contributed by atoms with Crippen LogP contribution in [0.25, 0.3) is 21.5 Å². The molecule has 4 aromatic carbocycles. The van der Waals surface area contributed by atoms with Gasteiger partial charge in [0.15, 0.2) is 12.4 Å². The van der Waals surface area contributed by atoms with Gasteiger partial charge in [-0.1, -0.05) is 60.7 Å². The quantitative estimate of drug-likeness (QED) is 0.225. The maximum Gasteiger partial charge on any atom is 0.310 e. The highest BCUT2D eigenvalue weighted by Crippen LogP contribution is 2.27. The number of hydrazone groups is 1. The van der Waals surface area contributed by atoms with Crippen LogP contribution in [0.5, 0.6) is 5.75 Å². The van der Waals surface area contributed by atoms with Crippen molar-refractivity contribution in [1.82, 2.24) is 5.43 Å². The number of nitrogens with zero attached hydrogens (tertiary/aromatic N) is 2. The molecule has 1 N–H and O–H groups in total. The molecule has 0 aromatic heterocycles. The summed E-state index contributed by atoms with van der Waals surface area (Å²) >= 11 is 0. The second-order valence-corrected chi connectivity index (χ2v) is 6.54. The fourth-order valence-electron chi connectivity index (χ4n) is 3.26. The lowest BCUT2D eigenvalue weighted by Crippen LogP contribution is -2.24. The Bertz CT molecular complexity index is 1230. The molecular weight excluding hydrogens is 382 g/mol. The topological polar surface area (TPSA) is 93.8 Å². The number of hydrogen-bond donors (Lipinski definition) is 1. The molecule has 4 aromatic rings. The van der Waals surface area contributed by atoms with Crippen molar-refractivity contribution in [2.24, 2.45) is 5.10 Å². The van der Waals surface area contributed by atoms with Gasteiger partial charge in [0.1, 0.15) is 0 Å². The van der Waals surface area contributed by atoms with Gasteiger partial charge in [0.05, 0.1) is 11.1 Å². The van der Waals surface area contributed by atoms with E-state index >= 15 is 0 Å². The van der Waals surface area contributed by atoms with E-state index in [9.17, 15) is 14.9 Å². The largest absolute Gasteiger partial charge is 0.477 e. The summed E-state index contributed by atoms with van der Waals surface area (Å²) in [6.45, 7) is -0.390. The Morgan fingerprint density at radius 2 is 1.57 bits per heavy atom. The molecule has 1 amide bonds.